The molecule has 7 rings (SSSR count). The maximum Gasteiger partial charge on any atom is 0.290 e. The standard InChI is InChI=1S/C43H41ClN2O5S/c1-31(45-24-25-49-39(28-45)30-51-38-19-11-18-36(44)27-38)29-50-37-22-20-32(21-23-37)26-40-41(47)46(42(48)52-40)43(33-12-5-2-6-13-33,34-14-7-3-8-15-34)35-16-9-4-10-17-35/h2-23,27,31,39-40H,24-26,28-30H2,1H3. The van der Waals surface area contributed by atoms with Gasteiger partial charge in [0.05, 0.1) is 11.9 Å². The van der Waals surface area contributed by atoms with E-state index in [2.05, 4.69) is 11.8 Å². The number of morpholine rings is 1. The van der Waals surface area contributed by atoms with Crippen LogP contribution in [-0.4, -0.2) is 71.3 Å². The Balaban J connectivity index is 1.01. The van der Waals surface area contributed by atoms with Crippen LogP contribution in [0.25, 0.3) is 0 Å². The van der Waals surface area contributed by atoms with Crippen molar-refractivity contribution in [2.75, 3.05) is 32.9 Å². The van der Waals surface area contributed by atoms with Gasteiger partial charge in [0.15, 0.2) is 0 Å². The van der Waals surface area contributed by atoms with E-state index in [0.717, 1.165) is 58.6 Å². The summed E-state index contributed by atoms with van der Waals surface area (Å²) in [5, 5.41) is -0.184. The van der Waals surface area contributed by atoms with Crippen molar-refractivity contribution in [3.8, 4) is 11.5 Å². The molecule has 0 N–H and O–H groups in total. The van der Waals surface area contributed by atoms with Crippen LogP contribution in [-0.2, 0) is 21.5 Å². The zero-order valence-corrected chi connectivity index (χ0v) is 30.5. The van der Waals surface area contributed by atoms with Gasteiger partial charge in [0.2, 0.25) is 5.91 Å². The van der Waals surface area contributed by atoms with Gasteiger partial charge in [-0.15, -0.1) is 0 Å². The van der Waals surface area contributed by atoms with Crippen molar-refractivity contribution in [3.05, 3.63) is 167 Å². The summed E-state index contributed by atoms with van der Waals surface area (Å²) in [6, 6.07) is 44.9. The second kappa shape index (κ2) is 16.4. The molecular formula is C43H41ClN2O5S. The Morgan fingerprint density at radius 1 is 0.788 bits per heavy atom. The maximum absolute atomic E-state index is 14.5. The highest BCUT2D eigenvalue weighted by Crippen LogP contribution is 2.47. The van der Waals surface area contributed by atoms with Gasteiger partial charge >= 0.3 is 0 Å². The van der Waals surface area contributed by atoms with Crippen molar-refractivity contribution < 1.29 is 23.8 Å². The number of carbonyl (C=O) groups excluding carboxylic acids is 2. The molecule has 0 saturated carbocycles. The first-order valence-corrected chi connectivity index (χ1v) is 18.8. The summed E-state index contributed by atoms with van der Waals surface area (Å²) in [5.41, 5.74) is 2.39. The molecule has 5 aromatic rings. The second-order valence-electron chi connectivity index (χ2n) is 13.1. The van der Waals surface area contributed by atoms with Crippen molar-refractivity contribution >= 4 is 34.5 Å². The van der Waals surface area contributed by atoms with Gasteiger partial charge in [0, 0.05) is 24.2 Å². The molecule has 3 atom stereocenters. The second-order valence-corrected chi connectivity index (χ2v) is 14.7. The third-order valence-electron chi connectivity index (χ3n) is 9.69. The zero-order valence-electron chi connectivity index (χ0n) is 29.0. The van der Waals surface area contributed by atoms with Gasteiger partial charge in [-0.2, -0.15) is 0 Å². The molecule has 2 aliphatic rings. The van der Waals surface area contributed by atoms with Gasteiger partial charge in [0.25, 0.3) is 5.24 Å². The Hall–Kier alpha value is -4.60. The Bertz CT molecular complexity index is 1850. The SMILES string of the molecule is CC(COc1ccc(CC2SC(=O)N(C(c3ccccc3)(c3ccccc3)c3ccccc3)C2=O)cc1)N1CCOC(COc2cccc(Cl)c2)C1. The number of hydrogen-bond donors (Lipinski definition) is 0. The van der Waals surface area contributed by atoms with Gasteiger partial charge in [-0.1, -0.05) is 133 Å². The summed E-state index contributed by atoms with van der Waals surface area (Å²) < 4.78 is 18.1. The number of amides is 2. The van der Waals surface area contributed by atoms with Gasteiger partial charge in [-0.3, -0.25) is 19.4 Å². The van der Waals surface area contributed by atoms with E-state index in [1.54, 1.807) is 6.07 Å². The minimum absolute atomic E-state index is 0.0494. The number of rotatable bonds is 13. The third-order valence-corrected chi connectivity index (χ3v) is 11.0. The summed E-state index contributed by atoms with van der Waals surface area (Å²) >= 11 is 7.19. The number of hydrogen-bond acceptors (Lipinski definition) is 7. The minimum atomic E-state index is -1.13. The van der Waals surface area contributed by atoms with Crippen molar-refractivity contribution in [2.45, 2.75) is 36.3 Å². The molecular weight excluding hydrogens is 692 g/mol. The van der Waals surface area contributed by atoms with Crippen LogP contribution in [0.5, 0.6) is 11.5 Å². The van der Waals surface area contributed by atoms with E-state index in [9.17, 15) is 9.59 Å². The van der Waals surface area contributed by atoms with Crippen molar-refractivity contribution in [2.24, 2.45) is 0 Å². The highest BCUT2D eigenvalue weighted by molar-refractivity contribution is 8.15. The number of nitrogens with zero attached hydrogens (tertiary/aromatic N) is 2. The Labute approximate surface area is 314 Å². The molecule has 0 spiro atoms. The molecule has 0 radical (unpaired) electrons. The van der Waals surface area contributed by atoms with E-state index in [0.29, 0.717) is 31.3 Å². The molecule has 2 heterocycles. The first kappa shape index (κ1) is 35.8. The Morgan fingerprint density at radius 2 is 1.40 bits per heavy atom. The largest absolute Gasteiger partial charge is 0.492 e. The van der Waals surface area contributed by atoms with Crippen LogP contribution >= 0.6 is 23.4 Å². The average molecular weight is 733 g/mol. The van der Waals surface area contributed by atoms with E-state index in [1.165, 1.54) is 4.90 Å². The van der Waals surface area contributed by atoms with Crippen LogP contribution in [0.2, 0.25) is 5.02 Å². The molecule has 0 aliphatic carbocycles. The molecule has 3 unspecified atom stereocenters. The molecule has 266 valence electrons. The van der Waals surface area contributed by atoms with Gasteiger partial charge < -0.3 is 14.2 Å². The lowest BCUT2D eigenvalue weighted by atomic mass is 9.75. The lowest BCUT2D eigenvalue weighted by Gasteiger charge is -2.42. The quantitative estimate of drug-likeness (QED) is 0.113. The zero-order chi connectivity index (χ0) is 35.9. The molecule has 2 aliphatic heterocycles. The summed E-state index contributed by atoms with van der Waals surface area (Å²) in [4.78, 5) is 32.4. The number of ether oxygens (including phenoxy) is 3. The molecule has 2 saturated heterocycles. The van der Waals surface area contributed by atoms with E-state index in [4.69, 9.17) is 25.8 Å². The third kappa shape index (κ3) is 7.76. The smallest absolute Gasteiger partial charge is 0.290 e. The Morgan fingerprint density at radius 3 is 2.00 bits per heavy atom. The molecule has 5 aromatic carbocycles. The van der Waals surface area contributed by atoms with Crippen molar-refractivity contribution in [3.63, 3.8) is 0 Å². The molecule has 52 heavy (non-hydrogen) atoms. The first-order valence-electron chi connectivity index (χ1n) is 17.6. The van der Waals surface area contributed by atoms with Crippen molar-refractivity contribution in [1.29, 1.82) is 0 Å². The van der Waals surface area contributed by atoms with Crippen LogP contribution in [0, 0.1) is 0 Å². The minimum Gasteiger partial charge on any atom is -0.492 e. The topological polar surface area (TPSA) is 68.3 Å². The number of imide groups is 1. The number of halogens is 1. The van der Waals surface area contributed by atoms with Gasteiger partial charge in [-0.25, -0.2) is 0 Å². The fourth-order valence-electron chi connectivity index (χ4n) is 7.06. The fraction of sp³-hybridized carbons (Fsp3) is 0.256. The van der Waals surface area contributed by atoms with Crippen molar-refractivity contribution in [1.82, 2.24) is 9.80 Å². The highest BCUT2D eigenvalue weighted by Gasteiger charge is 2.54. The number of benzene rings is 5. The molecule has 7 nitrogen and oxygen atoms in total. The first-order chi connectivity index (χ1) is 25.4. The summed E-state index contributed by atoms with van der Waals surface area (Å²) in [5.74, 6) is 1.28. The number of thioether (sulfide) groups is 1. The normalized spacial score (nSPS) is 18.7. The van der Waals surface area contributed by atoms with Crippen LogP contribution in [0.3, 0.4) is 0 Å². The lowest BCUT2D eigenvalue weighted by Crippen LogP contribution is -2.51. The molecule has 0 bridgehead atoms. The number of carbonyl (C=O) groups is 2. The lowest BCUT2D eigenvalue weighted by molar-refractivity contribution is -0.129. The van der Waals surface area contributed by atoms with Gasteiger partial charge in [0.1, 0.15) is 36.4 Å². The summed E-state index contributed by atoms with van der Waals surface area (Å²) in [7, 11) is 0. The van der Waals surface area contributed by atoms with E-state index in [-0.39, 0.29) is 23.3 Å². The fourth-order valence-corrected chi connectivity index (χ4v) is 8.30. The highest BCUT2D eigenvalue weighted by atomic mass is 35.5. The average Bonchev–Trinajstić information content (AvgIpc) is 3.47. The maximum atomic E-state index is 14.5. The molecule has 0 aromatic heterocycles. The van der Waals surface area contributed by atoms with E-state index < -0.39 is 10.8 Å². The predicted octanol–water partition coefficient (Wildman–Crippen LogP) is 8.49. The van der Waals surface area contributed by atoms with E-state index in [1.807, 2.05) is 133 Å². The monoisotopic (exact) mass is 732 g/mol. The molecule has 9 heteroatoms. The summed E-state index contributed by atoms with van der Waals surface area (Å²) in [6.45, 7) is 5.31. The summed E-state index contributed by atoms with van der Waals surface area (Å²) in [6.07, 6.45) is 0.371. The predicted molar refractivity (Wildman–Crippen MR) is 206 cm³/mol. The van der Waals surface area contributed by atoms with Crippen LogP contribution in [0.15, 0.2) is 140 Å². The Kier molecular flexibility index (Phi) is 11.3. The van der Waals surface area contributed by atoms with E-state index >= 15 is 0 Å². The molecule has 2 fully saturated rings. The van der Waals surface area contributed by atoms with Gasteiger partial charge in [-0.05, 0) is 65.9 Å². The molecule has 2 amide bonds. The van der Waals surface area contributed by atoms with Crippen LogP contribution in [0.1, 0.15) is 29.2 Å². The van der Waals surface area contributed by atoms with Crippen LogP contribution < -0.4 is 9.47 Å². The van der Waals surface area contributed by atoms with Crippen LogP contribution in [0.4, 0.5) is 4.79 Å².